The van der Waals surface area contributed by atoms with Crippen molar-refractivity contribution in [2.45, 2.75) is 40.7 Å². The van der Waals surface area contributed by atoms with Gasteiger partial charge in [-0.25, -0.2) is 9.98 Å². The average Bonchev–Trinajstić information content (AvgIpc) is 3.05. The molecule has 0 saturated carbocycles. The van der Waals surface area contributed by atoms with Gasteiger partial charge in [0.15, 0.2) is 5.96 Å². The number of hydrogen-bond donors (Lipinski definition) is 2. The van der Waals surface area contributed by atoms with E-state index in [4.69, 9.17) is 0 Å². The van der Waals surface area contributed by atoms with E-state index in [1.807, 2.05) is 44.0 Å². The molecule has 7 nitrogen and oxygen atoms in total. The van der Waals surface area contributed by atoms with Crippen molar-refractivity contribution in [3.8, 4) is 0 Å². The fraction of sp³-hybridized carbons (Fsp3) is 0.526. The number of carbonyl (C=O) groups excluding carboxylic acids is 1. The molecule has 27 heavy (non-hydrogen) atoms. The molecule has 0 atom stereocenters. The van der Waals surface area contributed by atoms with E-state index in [1.54, 1.807) is 0 Å². The van der Waals surface area contributed by atoms with Crippen LogP contribution in [0.15, 0.2) is 29.4 Å². The van der Waals surface area contributed by atoms with Crippen LogP contribution in [0.4, 0.5) is 0 Å². The van der Waals surface area contributed by atoms with E-state index in [9.17, 15) is 4.79 Å². The molecule has 150 valence electrons. The number of guanidine groups is 1. The Morgan fingerprint density at radius 2 is 1.96 bits per heavy atom. The third kappa shape index (κ3) is 6.67. The maximum atomic E-state index is 12.1. The number of nitrogens with one attached hydrogen (secondary N) is 2. The Labute approximate surface area is 178 Å². The summed E-state index contributed by atoms with van der Waals surface area (Å²) in [6, 6.07) is 6.05. The van der Waals surface area contributed by atoms with Crippen LogP contribution < -0.4 is 10.6 Å². The highest BCUT2D eigenvalue weighted by Crippen LogP contribution is 2.09. The summed E-state index contributed by atoms with van der Waals surface area (Å²) in [6.07, 6.45) is 2.47. The average molecular weight is 486 g/mol. The molecule has 2 aromatic rings. The van der Waals surface area contributed by atoms with E-state index < -0.39 is 0 Å². The molecule has 2 rings (SSSR count). The number of carbonyl (C=O) groups is 1. The Morgan fingerprint density at radius 1 is 1.22 bits per heavy atom. The lowest BCUT2D eigenvalue weighted by atomic mass is 10.3. The van der Waals surface area contributed by atoms with Crippen molar-refractivity contribution >= 4 is 41.5 Å². The molecule has 0 bridgehead atoms. The second kappa shape index (κ2) is 11.8. The van der Waals surface area contributed by atoms with E-state index in [2.05, 4.69) is 38.0 Å². The van der Waals surface area contributed by atoms with Crippen molar-refractivity contribution in [1.82, 2.24) is 24.9 Å². The molecule has 0 aliphatic carbocycles. The lowest BCUT2D eigenvalue weighted by Gasteiger charge is -2.19. The molecule has 0 aliphatic rings. The lowest BCUT2D eigenvalue weighted by molar-refractivity contribution is -0.130. The highest BCUT2D eigenvalue weighted by atomic mass is 127. The zero-order valence-electron chi connectivity index (χ0n) is 16.7. The summed E-state index contributed by atoms with van der Waals surface area (Å²) in [7, 11) is 0. The second-order valence-corrected chi connectivity index (χ2v) is 6.07. The Balaban J connectivity index is 0.00000364. The lowest BCUT2D eigenvalue weighted by Crippen LogP contribution is -2.40. The number of nitrogens with zero attached hydrogens (tertiary/aromatic N) is 4. The van der Waals surface area contributed by atoms with Crippen molar-refractivity contribution < 1.29 is 4.79 Å². The Hall–Kier alpha value is -1.84. The van der Waals surface area contributed by atoms with Gasteiger partial charge in [0, 0.05) is 44.5 Å². The maximum Gasteiger partial charge on any atom is 0.224 e. The molecule has 2 aromatic heterocycles. The summed E-state index contributed by atoms with van der Waals surface area (Å²) >= 11 is 0. The molecular formula is C19H31IN6O. The number of aliphatic imine (C=N–C) groups is 1. The second-order valence-electron chi connectivity index (χ2n) is 6.07. The predicted molar refractivity (Wildman–Crippen MR) is 121 cm³/mol. The minimum Gasteiger partial charge on any atom is -0.357 e. The smallest absolute Gasteiger partial charge is 0.224 e. The van der Waals surface area contributed by atoms with E-state index in [0.29, 0.717) is 25.5 Å². The summed E-state index contributed by atoms with van der Waals surface area (Å²) in [5, 5.41) is 6.44. The third-order valence-corrected chi connectivity index (χ3v) is 4.24. The topological polar surface area (TPSA) is 74.0 Å². The van der Waals surface area contributed by atoms with Crippen LogP contribution in [-0.4, -0.2) is 52.3 Å². The zero-order chi connectivity index (χ0) is 18.9. The van der Waals surface area contributed by atoms with E-state index in [1.165, 1.54) is 0 Å². The van der Waals surface area contributed by atoms with Gasteiger partial charge in [0.25, 0.3) is 0 Å². The minimum absolute atomic E-state index is 0. The number of fused-ring (bicyclic) bond motifs is 1. The third-order valence-electron chi connectivity index (χ3n) is 4.24. The van der Waals surface area contributed by atoms with E-state index >= 15 is 0 Å². The Kier molecular flexibility index (Phi) is 10.1. The van der Waals surface area contributed by atoms with Crippen molar-refractivity contribution in [3.63, 3.8) is 0 Å². The monoisotopic (exact) mass is 486 g/mol. The molecule has 0 radical (unpaired) electrons. The van der Waals surface area contributed by atoms with Crippen LogP contribution in [0.3, 0.4) is 0 Å². The number of imidazole rings is 1. The number of halogens is 1. The molecular weight excluding hydrogens is 455 g/mol. The normalized spacial score (nSPS) is 11.2. The van der Waals surface area contributed by atoms with Gasteiger partial charge in [0.05, 0.1) is 12.2 Å². The summed E-state index contributed by atoms with van der Waals surface area (Å²) in [4.78, 5) is 23.1. The van der Waals surface area contributed by atoms with Gasteiger partial charge in [-0.1, -0.05) is 6.07 Å². The molecule has 1 amide bonds. The molecule has 8 heteroatoms. The largest absolute Gasteiger partial charge is 0.357 e. The fourth-order valence-corrected chi connectivity index (χ4v) is 2.80. The van der Waals surface area contributed by atoms with Crippen molar-refractivity contribution in [2.75, 3.05) is 26.2 Å². The highest BCUT2D eigenvalue weighted by Gasteiger charge is 2.09. The number of aromatic nitrogens is 2. The number of amides is 1. The zero-order valence-corrected chi connectivity index (χ0v) is 19.0. The molecule has 2 heterocycles. The maximum absolute atomic E-state index is 12.1. The standard InChI is InChI=1S/C19H30N6O.HI/c1-5-20-19(21-12-11-18(26)24(6-2)7-3)22-13-16-14-25-15(4)9-8-10-17(25)23-16;/h8-10,14H,5-7,11-13H2,1-4H3,(H2,20,21,22);1H. The summed E-state index contributed by atoms with van der Waals surface area (Å²) in [5.74, 6) is 0.864. The first kappa shape index (κ1) is 23.2. The van der Waals surface area contributed by atoms with Crippen LogP contribution in [0.2, 0.25) is 0 Å². The van der Waals surface area contributed by atoms with Crippen LogP contribution in [0.1, 0.15) is 38.6 Å². The summed E-state index contributed by atoms with van der Waals surface area (Å²) < 4.78 is 2.06. The first-order chi connectivity index (χ1) is 12.6. The van der Waals surface area contributed by atoms with Crippen molar-refractivity contribution in [3.05, 3.63) is 35.8 Å². The van der Waals surface area contributed by atoms with Gasteiger partial charge < -0.3 is 19.9 Å². The first-order valence-corrected chi connectivity index (χ1v) is 9.32. The summed E-state index contributed by atoms with van der Waals surface area (Å²) in [5.41, 5.74) is 2.99. The van der Waals surface area contributed by atoms with Crippen LogP contribution >= 0.6 is 24.0 Å². The van der Waals surface area contributed by atoms with Crippen molar-refractivity contribution in [1.29, 1.82) is 0 Å². The molecule has 0 fully saturated rings. The van der Waals surface area contributed by atoms with Crippen molar-refractivity contribution in [2.24, 2.45) is 4.99 Å². The molecule has 0 unspecified atom stereocenters. The first-order valence-electron chi connectivity index (χ1n) is 9.32. The Bertz CT molecular complexity index is 754. The number of hydrogen-bond acceptors (Lipinski definition) is 3. The fourth-order valence-electron chi connectivity index (χ4n) is 2.80. The van der Waals surface area contributed by atoms with Gasteiger partial charge in [-0.15, -0.1) is 24.0 Å². The van der Waals surface area contributed by atoms with Gasteiger partial charge in [0.2, 0.25) is 5.91 Å². The molecule has 2 N–H and O–H groups in total. The number of pyridine rings is 1. The predicted octanol–water partition coefficient (Wildman–Crippen LogP) is 2.57. The van der Waals surface area contributed by atoms with Crippen LogP contribution in [0.25, 0.3) is 5.65 Å². The summed E-state index contributed by atoms with van der Waals surface area (Å²) in [6.45, 7) is 11.4. The van der Waals surface area contributed by atoms with E-state index in [0.717, 1.165) is 36.7 Å². The van der Waals surface area contributed by atoms with Gasteiger partial charge in [-0.05, 0) is 39.8 Å². The molecule has 0 aliphatic heterocycles. The minimum atomic E-state index is 0. The quantitative estimate of drug-likeness (QED) is 0.342. The van der Waals surface area contributed by atoms with Gasteiger partial charge in [-0.2, -0.15) is 0 Å². The van der Waals surface area contributed by atoms with Crippen LogP contribution in [0.5, 0.6) is 0 Å². The van der Waals surface area contributed by atoms with E-state index in [-0.39, 0.29) is 29.9 Å². The van der Waals surface area contributed by atoms with Crippen LogP contribution in [0, 0.1) is 6.92 Å². The Morgan fingerprint density at radius 3 is 2.59 bits per heavy atom. The number of rotatable bonds is 8. The van der Waals surface area contributed by atoms with Gasteiger partial charge in [0.1, 0.15) is 5.65 Å². The number of aryl methyl sites for hydroxylation is 1. The van der Waals surface area contributed by atoms with Crippen LogP contribution in [-0.2, 0) is 11.3 Å². The van der Waals surface area contributed by atoms with Gasteiger partial charge >= 0.3 is 0 Å². The highest BCUT2D eigenvalue weighted by molar-refractivity contribution is 14.0. The molecule has 0 spiro atoms. The molecule has 0 aromatic carbocycles. The SMILES string of the molecule is CCNC(=NCc1cn2c(C)cccc2n1)NCCC(=O)N(CC)CC.I. The molecule has 0 saturated heterocycles. The van der Waals surface area contributed by atoms with Gasteiger partial charge in [-0.3, -0.25) is 4.79 Å².